The van der Waals surface area contributed by atoms with Crippen LogP contribution in [0.1, 0.15) is 5.69 Å². The molecule has 0 radical (unpaired) electrons. The van der Waals surface area contributed by atoms with Crippen molar-refractivity contribution >= 4 is 22.4 Å². The fourth-order valence-electron chi connectivity index (χ4n) is 1.72. The van der Waals surface area contributed by atoms with Crippen molar-refractivity contribution in [3.8, 4) is 0 Å². The van der Waals surface area contributed by atoms with E-state index in [1.54, 1.807) is 6.07 Å². The Kier molecular flexibility index (Phi) is 2.53. The van der Waals surface area contributed by atoms with Crippen LogP contribution in [0.15, 0.2) is 41.4 Å². The van der Waals surface area contributed by atoms with E-state index in [1.165, 1.54) is 12.6 Å². The molecule has 0 amide bonds. The molecule has 3 aromatic rings. The predicted molar refractivity (Wildman–Crippen MR) is 67.8 cm³/mol. The molecule has 0 aliphatic carbocycles. The molecule has 6 nitrogen and oxygen atoms in total. The van der Waals surface area contributed by atoms with Gasteiger partial charge in [-0.1, -0.05) is 5.16 Å². The summed E-state index contributed by atoms with van der Waals surface area (Å²) in [7, 11) is 0. The highest BCUT2D eigenvalue weighted by atomic mass is 16.5. The highest BCUT2D eigenvalue weighted by Gasteiger charge is 2.04. The molecule has 0 spiro atoms. The fourth-order valence-corrected chi connectivity index (χ4v) is 1.72. The number of hydrogen-bond acceptors (Lipinski definition) is 6. The summed E-state index contributed by atoms with van der Waals surface area (Å²) in [4.78, 5) is 8.40. The Hall–Kier alpha value is -2.63. The molecule has 18 heavy (non-hydrogen) atoms. The van der Waals surface area contributed by atoms with Crippen LogP contribution in [-0.4, -0.2) is 15.1 Å². The molecule has 0 atom stereocenters. The van der Waals surface area contributed by atoms with Crippen molar-refractivity contribution < 1.29 is 4.52 Å². The van der Waals surface area contributed by atoms with Crippen molar-refractivity contribution in [2.24, 2.45) is 0 Å². The van der Waals surface area contributed by atoms with Gasteiger partial charge in [0.15, 0.2) is 0 Å². The van der Waals surface area contributed by atoms with Crippen LogP contribution in [0.3, 0.4) is 0 Å². The summed E-state index contributed by atoms with van der Waals surface area (Å²) in [6.45, 7) is 0.549. The second kappa shape index (κ2) is 4.33. The van der Waals surface area contributed by atoms with Crippen LogP contribution in [0.25, 0.3) is 10.9 Å². The Morgan fingerprint density at radius 2 is 2.17 bits per heavy atom. The van der Waals surface area contributed by atoms with E-state index in [4.69, 9.17) is 10.3 Å². The summed E-state index contributed by atoms with van der Waals surface area (Å²) >= 11 is 0. The third-order valence-corrected chi connectivity index (χ3v) is 2.59. The van der Waals surface area contributed by atoms with Gasteiger partial charge in [-0.25, -0.2) is 9.97 Å². The van der Waals surface area contributed by atoms with E-state index in [1.807, 2.05) is 18.2 Å². The van der Waals surface area contributed by atoms with Crippen LogP contribution >= 0.6 is 0 Å². The second-order valence-electron chi connectivity index (χ2n) is 3.84. The maximum Gasteiger partial charge on any atom is 0.137 e. The number of nitrogens with zero attached hydrogens (tertiary/aromatic N) is 3. The molecule has 0 fully saturated rings. The van der Waals surface area contributed by atoms with Gasteiger partial charge in [0, 0.05) is 17.1 Å². The number of fused-ring (bicyclic) bond motifs is 1. The number of aromatic nitrogens is 3. The van der Waals surface area contributed by atoms with Crippen molar-refractivity contribution in [2.75, 3.05) is 11.1 Å². The molecule has 0 aliphatic rings. The molecule has 3 N–H and O–H groups in total. The topological polar surface area (TPSA) is 89.9 Å². The SMILES string of the molecule is Nc1ccc2c(NCc3ccon3)ncnc2c1. The lowest BCUT2D eigenvalue weighted by Crippen LogP contribution is -2.02. The Morgan fingerprint density at radius 3 is 3.00 bits per heavy atom. The second-order valence-corrected chi connectivity index (χ2v) is 3.84. The molecule has 3 rings (SSSR count). The summed E-state index contributed by atoms with van der Waals surface area (Å²) in [6, 6.07) is 7.34. The molecule has 0 saturated heterocycles. The average molecular weight is 241 g/mol. The zero-order valence-electron chi connectivity index (χ0n) is 9.50. The number of nitrogens with two attached hydrogens (primary N) is 1. The summed E-state index contributed by atoms with van der Waals surface area (Å²) in [5.74, 6) is 0.753. The molecule has 0 saturated carbocycles. The number of rotatable bonds is 3. The van der Waals surface area contributed by atoms with E-state index >= 15 is 0 Å². The van der Waals surface area contributed by atoms with Gasteiger partial charge in [0.1, 0.15) is 24.1 Å². The van der Waals surface area contributed by atoms with Crippen LogP contribution in [0.4, 0.5) is 11.5 Å². The highest BCUT2D eigenvalue weighted by molar-refractivity contribution is 5.90. The molecule has 0 unspecified atom stereocenters. The quantitative estimate of drug-likeness (QED) is 0.680. The molecular formula is C12H11N5O. The number of benzene rings is 1. The summed E-state index contributed by atoms with van der Waals surface area (Å²) in [5.41, 5.74) is 8.04. The number of hydrogen-bond donors (Lipinski definition) is 2. The number of nitrogens with one attached hydrogen (secondary N) is 1. The lowest BCUT2D eigenvalue weighted by molar-refractivity contribution is 0.412. The molecule has 1 aromatic carbocycles. The Labute approximate surface area is 103 Å². The molecule has 0 aliphatic heterocycles. The maximum atomic E-state index is 5.72. The lowest BCUT2D eigenvalue weighted by Gasteiger charge is -2.06. The van der Waals surface area contributed by atoms with Crippen molar-refractivity contribution in [1.82, 2.24) is 15.1 Å². The first kappa shape index (κ1) is 10.5. The van der Waals surface area contributed by atoms with Crippen LogP contribution in [0.2, 0.25) is 0 Å². The van der Waals surface area contributed by atoms with Gasteiger partial charge >= 0.3 is 0 Å². The van der Waals surface area contributed by atoms with E-state index in [0.717, 1.165) is 22.4 Å². The molecule has 0 bridgehead atoms. The standard InChI is InChI=1S/C12H11N5O/c13-8-1-2-10-11(5-8)15-7-16-12(10)14-6-9-3-4-18-17-9/h1-5,7H,6,13H2,(H,14,15,16). The zero-order valence-corrected chi connectivity index (χ0v) is 9.50. The summed E-state index contributed by atoms with van der Waals surface area (Å²) < 4.78 is 4.77. The Bertz CT molecular complexity index is 665. The lowest BCUT2D eigenvalue weighted by atomic mass is 10.2. The minimum Gasteiger partial charge on any atom is -0.399 e. The minimum absolute atomic E-state index is 0.549. The van der Waals surface area contributed by atoms with Crippen LogP contribution in [0, 0.1) is 0 Å². The van der Waals surface area contributed by atoms with Crippen LogP contribution in [-0.2, 0) is 6.54 Å². The van der Waals surface area contributed by atoms with Crippen LogP contribution < -0.4 is 11.1 Å². The van der Waals surface area contributed by atoms with E-state index in [0.29, 0.717) is 12.2 Å². The van der Waals surface area contributed by atoms with E-state index in [9.17, 15) is 0 Å². The first-order valence-electron chi connectivity index (χ1n) is 5.46. The van der Waals surface area contributed by atoms with Gasteiger partial charge in [0.25, 0.3) is 0 Å². The van der Waals surface area contributed by atoms with Gasteiger partial charge < -0.3 is 15.6 Å². The fraction of sp³-hybridized carbons (Fsp3) is 0.0833. The Morgan fingerprint density at radius 1 is 1.22 bits per heavy atom. The van der Waals surface area contributed by atoms with Gasteiger partial charge in [-0.05, 0) is 18.2 Å². The zero-order chi connectivity index (χ0) is 12.4. The van der Waals surface area contributed by atoms with Gasteiger partial charge in [0.05, 0.1) is 12.1 Å². The minimum atomic E-state index is 0.549. The number of nitrogen functional groups attached to an aromatic ring is 1. The molecule has 2 aromatic heterocycles. The third kappa shape index (κ3) is 1.95. The van der Waals surface area contributed by atoms with Gasteiger partial charge in [-0.15, -0.1) is 0 Å². The molecule has 6 heteroatoms. The van der Waals surface area contributed by atoms with E-state index < -0.39 is 0 Å². The number of anilines is 2. The van der Waals surface area contributed by atoms with Gasteiger partial charge in [-0.3, -0.25) is 0 Å². The van der Waals surface area contributed by atoms with Crippen molar-refractivity contribution in [3.63, 3.8) is 0 Å². The summed E-state index contributed by atoms with van der Waals surface area (Å²) in [5, 5.41) is 7.95. The van der Waals surface area contributed by atoms with Crippen molar-refractivity contribution in [1.29, 1.82) is 0 Å². The van der Waals surface area contributed by atoms with E-state index in [2.05, 4.69) is 20.4 Å². The normalized spacial score (nSPS) is 10.7. The molecule has 90 valence electrons. The van der Waals surface area contributed by atoms with Crippen molar-refractivity contribution in [3.05, 3.63) is 42.5 Å². The highest BCUT2D eigenvalue weighted by Crippen LogP contribution is 2.21. The maximum absolute atomic E-state index is 5.72. The predicted octanol–water partition coefficient (Wildman–Crippen LogP) is 1.81. The van der Waals surface area contributed by atoms with Gasteiger partial charge in [0.2, 0.25) is 0 Å². The first-order valence-corrected chi connectivity index (χ1v) is 5.46. The third-order valence-electron chi connectivity index (χ3n) is 2.59. The van der Waals surface area contributed by atoms with Crippen molar-refractivity contribution in [2.45, 2.75) is 6.54 Å². The summed E-state index contributed by atoms with van der Waals surface area (Å²) in [6.07, 6.45) is 3.04. The first-order chi connectivity index (χ1) is 8.83. The molecule has 2 heterocycles. The monoisotopic (exact) mass is 241 g/mol. The largest absolute Gasteiger partial charge is 0.399 e. The molecular weight excluding hydrogens is 230 g/mol. The van der Waals surface area contributed by atoms with Gasteiger partial charge in [-0.2, -0.15) is 0 Å². The average Bonchev–Trinajstić information content (AvgIpc) is 2.89. The van der Waals surface area contributed by atoms with Crippen LogP contribution in [0.5, 0.6) is 0 Å². The smallest absolute Gasteiger partial charge is 0.137 e. The Balaban J connectivity index is 1.92. The van der Waals surface area contributed by atoms with E-state index in [-0.39, 0.29) is 0 Å².